The number of rotatable bonds is 6. The highest BCUT2D eigenvalue weighted by molar-refractivity contribution is 7.10. The van der Waals surface area contributed by atoms with E-state index in [1.807, 2.05) is 71.8 Å². The molecule has 0 bridgehead atoms. The monoisotopic (exact) mass is 510 g/mol. The van der Waals surface area contributed by atoms with E-state index in [0.717, 1.165) is 45.6 Å². The van der Waals surface area contributed by atoms with Crippen molar-refractivity contribution in [3.05, 3.63) is 88.5 Å². The van der Waals surface area contributed by atoms with Crippen molar-refractivity contribution in [2.45, 2.75) is 25.2 Å². The average Bonchev–Trinajstić information content (AvgIpc) is 3.70. The molecule has 0 spiro atoms. The summed E-state index contributed by atoms with van der Waals surface area (Å²) >= 11 is 1.50. The van der Waals surface area contributed by atoms with E-state index in [-0.39, 0.29) is 17.7 Å². The van der Waals surface area contributed by atoms with Crippen LogP contribution in [0.25, 0.3) is 22.2 Å². The lowest BCUT2D eigenvalue weighted by molar-refractivity contribution is -0.131. The first-order chi connectivity index (χ1) is 18.1. The molecule has 6 rings (SSSR count). The number of thiazole rings is 1. The van der Waals surface area contributed by atoms with Crippen molar-refractivity contribution in [1.82, 2.24) is 25.1 Å². The van der Waals surface area contributed by atoms with Crippen LogP contribution < -0.4 is 5.32 Å². The molecular formula is C28H26N6O2S. The van der Waals surface area contributed by atoms with Crippen LogP contribution in [0.2, 0.25) is 0 Å². The van der Waals surface area contributed by atoms with E-state index in [1.165, 1.54) is 11.3 Å². The van der Waals surface area contributed by atoms with Gasteiger partial charge in [-0.2, -0.15) is 5.10 Å². The van der Waals surface area contributed by atoms with E-state index < -0.39 is 0 Å². The smallest absolute Gasteiger partial charge is 0.276 e. The normalized spacial score (nSPS) is 14.2. The minimum absolute atomic E-state index is 0.149. The number of aromatic nitrogens is 4. The Morgan fingerprint density at radius 2 is 1.84 bits per heavy atom. The Labute approximate surface area is 217 Å². The van der Waals surface area contributed by atoms with Crippen LogP contribution in [0, 0.1) is 0 Å². The molecule has 0 unspecified atom stereocenters. The van der Waals surface area contributed by atoms with Crippen molar-refractivity contribution in [2.75, 3.05) is 18.4 Å². The van der Waals surface area contributed by atoms with Gasteiger partial charge in [-0.3, -0.25) is 14.7 Å². The van der Waals surface area contributed by atoms with Crippen LogP contribution in [0.5, 0.6) is 0 Å². The number of carbonyl (C=O) groups excluding carboxylic acids is 2. The van der Waals surface area contributed by atoms with E-state index >= 15 is 0 Å². The van der Waals surface area contributed by atoms with Gasteiger partial charge in [0.25, 0.3) is 5.91 Å². The van der Waals surface area contributed by atoms with Crippen LogP contribution in [0.4, 0.5) is 5.82 Å². The van der Waals surface area contributed by atoms with E-state index in [2.05, 4.69) is 25.5 Å². The maximum absolute atomic E-state index is 12.9. The first-order valence-corrected chi connectivity index (χ1v) is 13.2. The molecule has 8 nitrogen and oxygen atoms in total. The molecule has 1 saturated heterocycles. The van der Waals surface area contributed by atoms with Gasteiger partial charge in [-0.1, -0.05) is 48.5 Å². The lowest BCUT2D eigenvalue weighted by Crippen LogP contribution is -2.38. The Kier molecular flexibility index (Phi) is 6.28. The number of hydrogen-bond donors (Lipinski definition) is 3. The van der Waals surface area contributed by atoms with Crippen molar-refractivity contribution in [3.63, 3.8) is 0 Å². The third-order valence-corrected chi connectivity index (χ3v) is 7.88. The molecule has 0 atom stereocenters. The molecule has 1 fully saturated rings. The quantitative estimate of drug-likeness (QED) is 0.291. The minimum Gasteiger partial charge on any atom is -0.361 e. The number of amides is 2. The fourth-order valence-electron chi connectivity index (χ4n) is 4.84. The molecule has 3 aromatic heterocycles. The standard InChI is InChI=1S/C28H26N6O2S/c35-26(14-20-16-29-22-9-5-4-8-21(20)22)34-12-10-19(11-13-34)28-30-24(17-37-28)27(36)31-25-15-23(32-33-25)18-6-2-1-3-7-18/h1-9,15-17,19,29H,10-14H2,(H2,31,32,33,36). The lowest BCUT2D eigenvalue weighted by atomic mass is 9.97. The number of hydrogen-bond acceptors (Lipinski definition) is 5. The predicted octanol–water partition coefficient (Wildman–Crippen LogP) is 5.22. The Morgan fingerprint density at radius 1 is 1.05 bits per heavy atom. The average molecular weight is 511 g/mol. The third kappa shape index (κ3) is 4.90. The fraction of sp³-hybridized carbons (Fsp3) is 0.214. The van der Waals surface area contributed by atoms with Crippen LogP contribution in [0.3, 0.4) is 0 Å². The summed E-state index contributed by atoms with van der Waals surface area (Å²) < 4.78 is 0. The van der Waals surface area contributed by atoms with Gasteiger partial charge in [-0.15, -0.1) is 11.3 Å². The van der Waals surface area contributed by atoms with Crippen LogP contribution in [-0.4, -0.2) is 50.0 Å². The molecule has 1 aliphatic rings. The van der Waals surface area contributed by atoms with Crippen molar-refractivity contribution in [1.29, 1.82) is 0 Å². The Balaban J connectivity index is 1.04. The Morgan fingerprint density at radius 3 is 2.68 bits per heavy atom. The molecule has 3 N–H and O–H groups in total. The zero-order valence-electron chi connectivity index (χ0n) is 20.1. The molecule has 0 saturated carbocycles. The van der Waals surface area contributed by atoms with Gasteiger partial charge in [0.2, 0.25) is 5.91 Å². The summed E-state index contributed by atoms with van der Waals surface area (Å²) in [4.78, 5) is 35.5. The summed E-state index contributed by atoms with van der Waals surface area (Å²) in [6, 6.07) is 19.7. The number of aromatic amines is 2. The minimum atomic E-state index is -0.278. The SMILES string of the molecule is O=C(Nc1cc(-c2ccccc2)[nH]n1)c1csc(C2CCN(C(=O)Cc3c[nH]c4ccccc34)CC2)n1. The molecule has 2 aromatic carbocycles. The largest absolute Gasteiger partial charge is 0.361 e. The zero-order chi connectivity index (χ0) is 25.2. The molecule has 9 heteroatoms. The van der Waals surface area contributed by atoms with Crippen molar-refractivity contribution in [3.8, 4) is 11.3 Å². The summed E-state index contributed by atoms with van der Waals surface area (Å²) in [5, 5.41) is 13.8. The number of H-pyrrole nitrogens is 2. The van der Waals surface area contributed by atoms with Crippen molar-refractivity contribution >= 4 is 39.9 Å². The van der Waals surface area contributed by atoms with Crippen LogP contribution >= 0.6 is 11.3 Å². The molecule has 5 aromatic rings. The van der Waals surface area contributed by atoms with Gasteiger partial charge in [0.1, 0.15) is 5.69 Å². The van der Waals surface area contributed by atoms with Gasteiger partial charge < -0.3 is 15.2 Å². The number of anilines is 1. The van der Waals surface area contributed by atoms with Crippen LogP contribution in [0.15, 0.2) is 72.2 Å². The highest BCUT2D eigenvalue weighted by atomic mass is 32.1. The number of para-hydroxylation sites is 1. The van der Waals surface area contributed by atoms with E-state index in [1.54, 1.807) is 5.38 Å². The fourth-order valence-corrected chi connectivity index (χ4v) is 5.81. The van der Waals surface area contributed by atoms with Gasteiger partial charge in [0.15, 0.2) is 5.82 Å². The highest BCUT2D eigenvalue weighted by Crippen LogP contribution is 2.31. The number of likely N-dealkylation sites (tertiary alicyclic amines) is 1. The summed E-state index contributed by atoms with van der Waals surface area (Å²) in [5.41, 5.74) is 4.31. The maximum Gasteiger partial charge on any atom is 0.276 e. The van der Waals surface area contributed by atoms with Crippen LogP contribution in [0.1, 0.15) is 39.8 Å². The number of carbonyl (C=O) groups is 2. The summed E-state index contributed by atoms with van der Waals surface area (Å²) in [5.74, 6) is 0.579. The summed E-state index contributed by atoms with van der Waals surface area (Å²) in [7, 11) is 0. The molecule has 4 heterocycles. The van der Waals surface area contributed by atoms with Gasteiger partial charge in [0.05, 0.1) is 17.1 Å². The number of piperidine rings is 1. The van der Waals surface area contributed by atoms with Gasteiger partial charge in [0, 0.05) is 47.6 Å². The molecule has 186 valence electrons. The highest BCUT2D eigenvalue weighted by Gasteiger charge is 2.27. The number of fused-ring (bicyclic) bond motifs is 1. The van der Waals surface area contributed by atoms with Crippen molar-refractivity contribution < 1.29 is 9.59 Å². The molecule has 0 radical (unpaired) electrons. The van der Waals surface area contributed by atoms with Crippen molar-refractivity contribution in [2.24, 2.45) is 0 Å². The van der Waals surface area contributed by atoms with Gasteiger partial charge >= 0.3 is 0 Å². The Bertz CT molecular complexity index is 1540. The predicted molar refractivity (Wildman–Crippen MR) is 145 cm³/mol. The second-order valence-corrected chi connectivity index (χ2v) is 10.1. The lowest BCUT2D eigenvalue weighted by Gasteiger charge is -2.31. The molecule has 2 amide bonds. The number of nitrogens with one attached hydrogen (secondary N) is 3. The van der Waals surface area contributed by atoms with E-state index in [0.29, 0.717) is 31.0 Å². The van der Waals surface area contributed by atoms with Gasteiger partial charge in [-0.05, 0) is 30.0 Å². The third-order valence-electron chi connectivity index (χ3n) is 6.87. The van der Waals surface area contributed by atoms with Gasteiger partial charge in [-0.25, -0.2) is 4.98 Å². The number of benzene rings is 2. The number of nitrogens with zero attached hydrogens (tertiary/aromatic N) is 3. The second-order valence-electron chi connectivity index (χ2n) is 9.25. The molecule has 0 aliphatic carbocycles. The molecular weight excluding hydrogens is 484 g/mol. The first kappa shape index (κ1) is 23.2. The topological polar surface area (TPSA) is 107 Å². The Hall–Kier alpha value is -4.24. The van der Waals surface area contributed by atoms with E-state index in [9.17, 15) is 9.59 Å². The zero-order valence-corrected chi connectivity index (χ0v) is 20.9. The second kappa shape index (κ2) is 10.0. The first-order valence-electron chi connectivity index (χ1n) is 12.3. The molecule has 37 heavy (non-hydrogen) atoms. The summed E-state index contributed by atoms with van der Waals surface area (Å²) in [6.07, 6.45) is 4.01. The van der Waals surface area contributed by atoms with Crippen LogP contribution in [-0.2, 0) is 11.2 Å². The maximum atomic E-state index is 12.9. The summed E-state index contributed by atoms with van der Waals surface area (Å²) in [6.45, 7) is 1.39. The van der Waals surface area contributed by atoms with E-state index in [4.69, 9.17) is 0 Å². The molecule has 1 aliphatic heterocycles.